The van der Waals surface area contributed by atoms with E-state index in [2.05, 4.69) is 10.6 Å². The second-order valence-corrected chi connectivity index (χ2v) is 5.74. The molecule has 1 aliphatic rings. The second kappa shape index (κ2) is 7.28. The molecule has 0 bridgehead atoms. The van der Waals surface area contributed by atoms with Gasteiger partial charge in [-0.2, -0.15) is 0 Å². The summed E-state index contributed by atoms with van der Waals surface area (Å²) in [6, 6.07) is 8.22. The molecule has 1 aromatic heterocycles. The van der Waals surface area contributed by atoms with Gasteiger partial charge in [0.15, 0.2) is 6.61 Å². The van der Waals surface area contributed by atoms with Gasteiger partial charge in [-0.15, -0.1) is 0 Å². The van der Waals surface area contributed by atoms with Crippen LogP contribution in [0.25, 0.3) is 11.0 Å². The third-order valence-electron chi connectivity index (χ3n) is 4.00. The molecule has 0 spiro atoms. The van der Waals surface area contributed by atoms with Gasteiger partial charge in [0, 0.05) is 24.1 Å². The maximum Gasteiger partial charge on any atom is 0.336 e. The van der Waals surface area contributed by atoms with Crippen LogP contribution in [-0.4, -0.2) is 32.1 Å². The molecule has 3 rings (SSSR count). The maximum atomic E-state index is 11.8. The zero-order valence-corrected chi connectivity index (χ0v) is 12.8. The number of carbonyl (C=O) groups is 1. The number of benzene rings is 1. The third-order valence-corrected chi connectivity index (χ3v) is 4.00. The maximum absolute atomic E-state index is 11.8. The second-order valence-electron chi connectivity index (χ2n) is 5.74. The number of hydrogen-bond donors (Lipinski definition) is 2. The molecule has 1 atom stereocenters. The fraction of sp³-hybridized carbons (Fsp3) is 0.412. The van der Waals surface area contributed by atoms with Crippen molar-refractivity contribution in [2.24, 2.45) is 5.92 Å². The number of hydrogen-bond acceptors (Lipinski definition) is 5. The molecular formula is C17H20N2O4. The Kier molecular flexibility index (Phi) is 4.92. The Bertz CT molecular complexity index is 735. The summed E-state index contributed by atoms with van der Waals surface area (Å²) in [6.07, 6.45) is 2.16. The van der Waals surface area contributed by atoms with E-state index in [9.17, 15) is 9.59 Å². The zero-order chi connectivity index (χ0) is 16.1. The van der Waals surface area contributed by atoms with Crippen molar-refractivity contribution < 1.29 is 13.9 Å². The van der Waals surface area contributed by atoms with Crippen LogP contribution in [0.5, 0.6) is 5.75 Å². The van der Waals surface area contributed by atoms with Crippen LogP contribution >= 0.6 is 0 Å². The lowest BCUT2D eigenvalue weighted by Gasteiger charge is -2.10. The summed E-state index contributed by atoms with van der Waals surface area (Å²) in [6.45, 7) is 2.72. The molecular weight excluding hydrogens is 296 g/mol. The van der Waals surface area contributed by atoms with E-state index in [1.807, 2.05) is 0 Å². The summed E-state index contributed by atoms with van der Waals surface area (Å²) < 4.78 is 10.5. The average Bonchev–Trinajstić information content (AvgIpc) is 3.06. The van der Waals surface area contributed by atoms with Gasteiger partial charge in [-0.3, -0.25) is 4.79 Å². The van der Waals surface area contributed by atoms with Crippen LogP contribution in [0.2, 0.25) is 0 Å². The van der Waals surface area contributed by atoms with Gasteiger partial charge in [0.05, 0.1) is 0 Å². The predicted octanol–water partition coefficient (Wildman–Crippen LogP) is 1.29. The van der Waals surface area contributed by atoms with E-state index in [1.165, 1.54) is 12.5 Å². The highest BCUT2D eigenvalue weighted by molar-refractivity contribution is 5.79. The lowest BCUT2D eigenvalue weighted by Crippen LogP contribution is -2.30. The first-order valence-electron chi connectivity index (χ1n) is 7.85. The smallest absolute Gasteiger partial charge is 0.336 e. The van der Waals surface area contributed by atoms with Gasteiger partial charge in [0.25, 0.3) is 5.91 Å². The van der Waals surface area contributed by atoms with Crippen LogP contribution < -0.4 is 21.0 Å². The van der Waals surface area contributed by atoms with Crippen LogP contribution in [-0.2, 0) is 4.79 Å². The van der Waals surface area contributed by atoms with Crippen molar-refractivity contribution >= 4 is 16.9 Å². The van der Waals surface area contributed by atoms with E-state index >= 15 is 0 Å². The van der Waals surface area contributed by atoms with Crippen LogP contribution in [0.3, 0.4) is 0 Å². The Balaban J connectivity index is 1.47. The fourth-order valence-electron chi connectivity index (χ4n) is 2.71. The van der Waals surface area contributed by atoms with Crippen LogP contribution in [0, 0.1) is 5.92 Å². The third kappa shape index (κ3) is 4.32. The molecule has 0 saturated carbocycles. The van der Waals surface area contributed by atoms with Crippen molar-refractivity contribution in [1.29, 1.82) is 0 Å². The summed E-state index contributed by atoms with van der Waals surface area (Å²) in [5.41, 5.74) is 0.0398. The number of amides is 1. The molecule has 1 amide bonds. The fourth-order valence-corrected chi connectivity index (χ4v) is 2.71. The summed E-state index contributed by atoms with van der Waals surface area (Å²) >= 11 is 0. The van der Waals surface area contributed by atoms with E-state index in [4.69, 9.17) is 9.15 Å². The molecule has 23 heavy (non-hydrogen) atoms. The molecule has 0 aliphatic carbocycles. The molecule has 1 unspecified atom stereocenters. The lowest BCUT2D eigenvalue weighted by atomic mass is 10.1. The molecule has 1 aromatic carbocycles. The minimum absolute atomic E-state index is 0.0501. The van der Waals surface area contributed by atoms with Crippen LogP contribution in [0.1, 0.15) is 12.8 Å². The topological polar surface area (TPSA) is 80.6 Å². The van der Waals surface area contributed by atoms with Crippen molar-refractivity contribution in [3.8, 4) is 5.75 Å². The van der Waals surface area contributed by atoms with E-state index in [0.717, 1.165) is 24.9 Å². The first-order valence-corrected chi connectivity index (χ1v) is 7.85. The molecule has 1 saturated heterocycles. The summed E-state index contributed by atoms with van der Waals surface area (Å²) in [5.74, 6) is 1.01. The molecule has 2 N–H and O–H groups in total. The molecule has 122 valence electrons. The van der Waals surface area contributed by atoms with Crippen molar-refractivity contribution in [3.63, 3.8) is 0 Å². The quantitative estimate of drug-likeness (QED) is 0.785. The first kappa shape index (κ1) is 15.6. The van der Waals surface area contributed by atoms with Gasteiger partial charge in [-0.25, -0.2) is 4.79 Å². The number of ether oxygens (including phenoxy) is 1. The van der Waals surface area contributed by atoms with E-state index in [1.54, 1.807) is 24.3 Å². The van der Waals surface area contributed by atoms with Gasteiger partial charge < -0.3 is 19.8 Å². The number of carbonyl (C=O) groups excluding carboxylic acids is 1. The minimum Gasteiger partial charge on any atom is -0.484 e. The zero-order valence-electron chi connectivity index (χ0n) is 12.8. The van der Waals surface area contributed by atoms with Gasteiger partial charge in [-0.1, -0.05) is 0 Å². The highest BCUT2D eigenvalue weighted by Crippen LogP contribution is 2.19. The summed E-state index contributed by atoms with van der Waals surface area (Å²) in [5, 5.41) is 6.98. The monoisotopic (exact) mass is 316 g/mol. The average molecular weight is 316 g/mol. The number of fused-ring (bicyclic) bond motifs is 1. The Hall–Kier alpha value is -2.34. The predicted molar refractivity (Wildman–Crippen MR) is 86.6 cm³/mol. The Morgan fingerprint density at radius 3 is 3.04 bits per heavy atom. The Morgan fingerprint density at radius 1 is 1.35 bits per heavy atom. The first-order chi connectivity index (χ1) is 11.2. The molecule has 1 aliphatic heterocycles. The largest absolute Gasteiger partial charge is 0.484 e. The molecule has 2 heterocycles. The van der Waals surface area contributed by atoms with Gasteiger partial charge >= 0.3 is 5.63 Å². The summed E-state index contributed by atoms with van der Waals surface area (Å²) in [4.78, 5) is 23.0. The molecule has 6 heteroatoms. The highest BCUT2D eigenvalue weighted by Gasteiger charge is 2.14. The Morgan fingerprint density at radius 2 is 2.22 bits per heavy atom. The van der Waals surface area contributed by atoms with Crippen molar-refractivity contribution in [2.75, 3.05) is 26.2 Å². The minimum atomic E-state index is -0.409. The highest BCUT2D eigenvalue weighted by atomic mass is 16.5. The van der Waals surface area contributed by atoms with Crippen molar-refractivity contribution in [3.05, 3.63) is 40.8 Å². The molecule has 1 fully saturated rings. The number of rotatable bonds is 6. The summed E-state index contributed by atoms with van der Waals surface area (Å²) in [7, 11) is 0. The molecule has 2 aromatic rings. The SMILES string of the molecule is O=C(COc1ccc2ccc(=O)oc2c1)NCCC1CCNC1. The lowest BCUT2D eigenvalue weighted by molar-refractivity contribution is -0.123. The van der Waals surface area contributed by atoms with Crippen LogP contribution in [0.4, 0.5) is 0 Å². The molecule has 0 radical (unpaired) electrons. The van der Waals surface area contributed by atoms with Gasteiger partial charge in [0.1, 0.15) is 11.3 Å². The van der Waals surface area contributed by atoms with E-state index < -0.39 is 5.63 Å². The van der Waals surface area contributed by atoms with E-state index in [0.29, 0.717) is 23.8 Å². The normalized spacial score (nSPS) is 17.3. The van der Waals surface area contributed by atoms with E-state index in [-0.39, 0.29) is 12.5 Å². The van der Waals surface area contributed by atoms with Gasteiger partial charge in [-0.05, 0) is 50.0 Å². The Labute approximate surface area is 133 Å². The standard InChI is InChI=1S/C17H20N2O4/c20-16(19-8-6-12-5-7-18-10-12)11-22-14-3-1-13-2-4-17(21)23-15(13)9-14/h1-4,9,12,18H,5-8,10-11H2,(H,19,20). The van der Waals surface area contributed by atoms with Crippen molar-refractivity contribution in [2.45, 2.75) is 12.8 Å². The van der Waals surface area contributed by atoms with Gasteiger partial charge in [0.2, 0.25) is 0 Å². The molecule has 6 nitrogen and oxygen atoms in total. The van der Waals surface area contributed by atoms with Crippen molar-refractivity contribution in [1.82, 2.24) is 10.6 Å². The van der Waals surface area contributed by atoms with Crippen LogP contribution in [0.15, 0.2) is 39.5 Å². The number of nitrogens with one attached hydrogen (secondary N) is 2.